The molecule has 0 radical (unpaired) electrons. The van der Waals surface area contributed by atoms with Crippen LogP contribution in [0.4, 0.5) is 4.39 Å². The van der Waals surface area contributed by atoms with Gasteiger partial charge in [-0.3, -0.25) is 4.98 Å². The van der Waals surface area contributed by atoms with E-state index in [-0.39, 0.29) is 5.82 Å². The second-order valence-corrected chi connectivity index (χ2v) is 4.16. The Hall–Kier alpha value is -1.74. The van der Waals surface area contributed by atoms with E-state index < -0.39 is 6.10 Å². The lowest BCUT2D eigenvalue weighted by molar-refractivity contribution is 0.214. The number of halogens is 1. The largest absolute Gasteiger partial charge is 0.382 e. The second kappa shape index (κ2) is 4.63. The molecule has 0 saturated carbocycles. The van der Waals surface area contributed by atoms with Crippen molar-refractivity contribution in [3.8, 4) is 0 Å². The van der Waals surface area contributed by atoms with Crippen molar-refractivity contribution in [2.75, 3.05) is 0 Å². The second-order valence-electron chi connectivity index (χ2n) is 4.16. The lowest BCUT2D eigenvalue weighted by Crippen LogP contribution is -2.04. The number of nitrogens with zero attached hydrogens (tertiary/aromatic N) is 1. The van der Waals surface area contributed by atoms with Gasteiger partial charge in [-0.05, 0) is 48.7 Å². The number of aromatic nitrogens is 1. The molecule has 0 aliphatic heterocycles. The van der Waals surface area contributed by atoms with Crippen molar-refractivity contribution >= 4 is 0 Å². The number of hydrogen-bond donors (Lipinski definition) is 1. The molecule has 1 aromatic heterocycles. The number of rotatable bonds is 2. The van der Waals surface area contributed by atoms with Crippen molar-refractivity contribution in [2.45, 2.75) is 20.0 Å². The van der Waals surface area contributed by atoms with Crippen LogP contribution in [0.5, 0.6) is 0 Å². The average Bonchev–Trinajstić information content (AvgIpc) is 2.32. The summed E-state index contributed by atoms with van der Waals surface area (Å²) in [6.07, 6.45) is 0.805. The summed E-state index contributed by atoms with van der Waals surface area (Å²) in [6.45, 7) is 3.77. The summed E-state index contributed by atoms with van der Waals surface area (Å²) in [7, 11) is 0. The van der Waals surface area contributed by atoms with Gasteiger partial charge in [-0.2, -0.15) is 0 Å². The van der Waals surface area contributed by atoms with Crippen molar-refractivity contribution in [1.29, 1.82) is 0 Å². The van der Waals surface area contributed by atoms with Crippen LogP contribution in [0, 0.1) is 19.7 Å². The highest BCUT2D eigenvalue weighted by atomic mass is 19.1. The number of pyridine rings is 1. The standard InChI is InChI=1S/C14H14FNO/c1-9-3-6-13(16-8-9)14(17)12-7-11(15)5-4-10(12)2/h3-8,14,17H,1-2H3. The van der Waals surface area contributed by atoms with E-state index in [0.717, 1.165) is 11.1 Å². The van der Waals surface area contributed by atoms with Crippen LogP contribution in [0.25, 0.3) is 0 Å². The van der Waals surface area contributed by atoms with Gasteiger partial charge in [0.05, 0.1) is 5.69 Å². The monoisotopic (exact) mass is 231 g/mol. The first-order chi connectivity index (χ1) is 8.08. The minimum atomic E-state index is -0.883. The van der Waals surface area contributed by atoms with E-state index >= 15 is 0 Å². The molecule has 3 heteroatoms. The molecule has 0 aliphatic carbocycles. The molecule has 1 N–H and O–H groups in total. The van der Waals surface area contributed by atoms with E-state index in [1.165, 1.54) is 12.1 Å². The van der Waals surface area contributed by atoms with Gasteiger partial charge in [-0.1, -0.05) is 12.1 Å². The Labute approximate surface area is 99.8 Å². The van der Waals surface area contributed by atoms with E-state index in [1.54, 1.807) is 18.3 Å². The summed E-state index contributed by atoms with van der Waals surface area (Å²) < 4.78 is 13.2. The number of hydrogen-bond acceptors (Lipinski definition) is 2. The maximum absolute atomic E-state index is 13.2. The normalized spacial score (nSPS) is 12.5. The van der Waals surface area contributed by atoms with Gasteiger partial charge in [-0.15, -0.1) is 0 Å². The fourth-order valence-corrected chi connectivity index (χ4v) is 1.71. The van der Waals surface area contributed by atoms with Gasteiger partial charge in [-0.25, -0.2) is 4.39 Å². The van der Waals surface area contributed by atoms with Crippen molar-refractivity contribution in [3.63, 3.8) is 0 Å². The molecule has 0 spiro atoms. The highest BCUT2D eigenvalue weighted by molar-refractivity contribution is 5.33. The Morgan fingerprint density at radius 2 is 1.94 bits per heavy atom. The third-order valence-electron chi connectivity index (χ3n) is 2.75. The maximum atomic E-state index is 13.2. The summed E-state index contributed by atoms with van der Waals surface area (Å²) in [6, 6.07) is 8.02. The fourth-order valence-electron chi connectivity index (χ4n) is 1.71. The fraction of sp³-hybridized carbons (Fsp3) is 0.214. The molecule has 0 fully saturated rings. The van der Waals surface area contributed by atoms with E-state index in [1.807, 2.05) is 19.9 Å². The summed E-state index contributed by atoms with van der Waals surface area (Å²) in [5.41, 5.74) is 2.96. The molecule has 88 valence electrons. The topological polar surface area (TPSA) is 33.1 Å². The average molecular weight is 231 g/mol. The SMILES string of the molecule is Cc1ccc(C(O)c2cc(F)ccc2C)nc1. The highest BCUT2D eigenvalue weighted by Crippen LogP contribution is 2.24. The quantitative estimate of drug-likeness (QED) is 0.862. The van der Waals surface area contributed by atoms with Crippen LogP contribution in [-0.4, -0.2) is 10.1 Å². The van der Waals surface area contributed by atoms with Crippen LogP contribution in [-0.2, 0) is 0 Å². The Morgan fingerprint density at radius 3 is 2.59 bits per heavy atom. The molecule has 2 aromatic rings. The van der Waals surface area contributed by atoms with E-state index in [2.05, 4.69) is 4.98 Å². The molecule has 1 atom stereocenters. The first-order valence-electron chi connectivity index (χ1n) is 5.44. The predicted octanol–water partition coefficient (Wildman–Crippen LogP) is 2.92. The molecule has 1 unspecified atom stereocenters. The Kier molecular flexibility index (Phi) is 3.20. The maximum Gasteiger partial charge on any atom is 0.123 e. The van der Waals surface area contributed by atoms with Gasteiger partial charge in [0.1, 0.15) is 11.9 Å². The Bertz CT molecular complexity index is 522. The van der Waals surface area contributed by atoms with Crippen LogP contribution in [0.3, 0.4) is 0 Å². The van der Waals surface area contributed by atoms with E-state index in [0.29, 0.717) is 11.3 Å². The third-order valence-corrected chi connectivity index (χ3v) is 2.75. The first-order valence-corrected chi connectivity index (χ1v) is 5.44. The minimum Gasteiger partial charge on any atom is -0.382 e. The molecule has 0 amide bonds. The van der Waals surface area contributed by atoms with Crippen molar-refractivity contribution in [1.82, 2.24) is 4.98 Å². The minimum absolute atomic E-state index is 0.350. The highest BCUT2D eigenvalue weighted by Gasteiger charge is 2.14. The number of aryl methyl sites for hydroxylation is 2. The van der Waals surface area contributed by atoms with Crippen LogP contribution in [0.15, 0.2) is 36.5 Å². The van der Waals surface area contributed by atoms with E-state index in [9.17, 15) is 9.50 Å². The van der Waals surface area contributed by atoms with Gasteiger partial charge >= 0.3 is 0 Å². The molecule has 0 aliphatic rings. The van der Waals surface area contributed by atoms with Crippen molar-refractivity contribution < 1.29 is 9.50 Å². The van der Waals surface area contributed by atoms with E-state index in [4.69, 9.17) is 0 Å². The van der Waals surface area contributed by atoms with Gasteiger partial charge in [0.15, 0.2) is 0 Å². The smallest absolute Gasteiger partial charge is 0.123 e. The Balaban J connectivity index is 2.39. The van der Waals surface area contributed by atoms with Gasteiger partial charge < -0.3 is 5.11 Å². The van der Waals surface area contributed by atoms with Crippen molar-refractivity contribution in [3.05, 3.63) is 64.7 Å². The predicted molar refractivity (Wildman–Crippen MR) is 64.2 cm³/mol. The zero-order chi connectivity index (χ0) is 12.4. The molecular formula is C14H14FNO. The number of aliphatic hydroxyl groups excluding tert-OH is 1. The zero-order valence-corrected chi connectivity index (χ0v) is 9.81. The molecule has 2 nitrogen and oxygen atoms in total. The van der Waals surface area contributed by atoms with Crippen molar-refractivity contribution in [2.24, 2.45) is 0 Å². The third kappa shape index (κ3) is 2.50. The summed E-state index contributed by atoms with van der Waals surface area (Å²) in [5.74, 6) is -0.350. The number of aliphatic hydroxyl groups is 1. The molecular weight excluding hydrogens is 217 g/mol. The summed E-state index contributed by atoms with van der Waals surface area (Å²) >= 11 is 0. The van der Waals surface area contributed by atoms with Crippen LogP contribution >= 0.6 is 0 Å². The zero-order valence-electron chi connectivity index (χ0n) is 9.81. The van der Waals surface area contributed by atoms with Gasteiger partial charge in [0, 0.05) is 6.20 Å². The lowest BCUT2D eigenvalue weighted by atomic mass is 10.0. The molecule has 0 bridgehead atoms. The van der Waals surface area contributed by atoms with Crippen LogP contribution < -0.4 is 0 Å². The summed E-state index contributed by atoms with van der Waals surface area (Å²) in [5, 5.41) is 10.2. The first kappa shape index (κ1) is 11.7. The molecule has 17 heavy (non-hydrogen) atoms. The molecule has 1 heterocycles. The number of benzene rings is 1. The summed E-state index contributed by atoms with van der Waals surface area (Å²) in [4.78, 5) is 4.15. The Morgan fingerprint density at radius 1 is 1.18 bits per heavy atom. The van der Waals surface area contributed by atoms with Gasteiger partial charge in [0.25, 0.3) is 0 Å². The van der Waals surface area contributed by atoms with Crippen LogP contribution in [0.1, 0.15) is 28.5 Å². The van der Waals surface area contributed by atoms with Gasteiger partial charge in [0.2, 0.25) is 0 Å². The van der Waals surface area contributed by atoms with Crippen LogP contribution in [0.2, 0.25) is 0 Å². The lowest BCUT2D eigenvalue weighted by Gasteiger charge is -2.13. The molecule has 2 rings (SSSR count). The molecule has 0 saturated heterocycles. The molecule has 1 aromatic carbocycles.